The normalized spacial score (nSPS) is 25.5. The number of nitrogens with zero attached hydrogens (tertiary/aromatic N) is 1. The first kappa shape index (κ1) is 16.7. The average Bonchev–Trinajstić information content (AvgIpc) is 2.50. The third kappa shape index (κ3) is 4.69. The SMILES string of the molecule is CCC(C)C1=CC/C=C\N=C(C2=CC(C)=CC(C)C2)CC=C1. The van der Waals surface area contributed by atoms with Crippen LogP contribution < -0.4 is 0 Å². The number of allylic oxidation sites excluding steroid dienone is 9. The minimum absolute atomic E-state index is 0.613. The first-order chi connectivity index (χ1) is 10.6. The van der Waals surface area contributed by atoms with Crippen LogP contribution in [0.5, 0.6) is 0 Å². The highest BCUT2D eigenvalue weighted by molar-refractivity contribution is 6.02. The van der Waals surface area contributed by atoms with Gasteiger partial charge < -0.3 is 0 Å². The molecule has 118 valence electrons. The topological polar surface area (TPSA) is 12.4 Å². The van der Waals surface area contributed by atoms with Crippen LogP contribution in [0.2, 0.25) is 0 Å². The van der Waals surface area contributed by atoms with Crippen molar-refractivity contribution in [3.63, 3.8) is 0 Å². The van der Waals surface area contributed by atoms with Gasteiger partial charge in [0, 0.05) is 18.3 Å². The third-order valence-corrected chi connectivity index (χ3v) is 4.49. The second-order valence-corrected chi connectivity index (χ2v) is 6.58. The molecule has 2 atom stereocenters. The van der Waals surface area contributed by atoms with Crippen molar-refractivity contribution < 1.29 is 0 Å². The monoisotopic (exact) mass is 295 g/mol. The van der Waals surface area contributed by atoms with Crippen LogP contribution in [0, 0.1) is 11.8 Å². The average molecular weight is 295 g/mol. The van der Waals surface area contributed by atoms with Gasteiger partial charge in [-0.05, 0) is 49.2 Å². The quantitative estimate of drug-likeness (QED) is 0.590. The fraction of sp³-hybridized carbons (Fsp3) is 0.476. The van der Waals surface area contributed by atoms with Crippen molar-refractivity contribution in [3.05, 3.63) is 59.4 Å². The van der Waals surface area contributed by atoms with Gasteiger partial charge in [0.2, 0.25) is 0 Å². The Morgan fingerprint density at radius 3 is 2.86 bits per heavy atom. The number of hydrogen-bond donors (Lipinski definition) is 0. The van der Waals surface area contributed by atoms with Crippen LogP contribution in [0.4, 0.5) is 0 Å². The summed E-state index contributed by atoms with van der Waals surface area (Å²) >= 11 is 0. The molecule has 2 rings (SSSR count). The van der Waals surface area contributed by atoms with E-state index in [1.54, 1.807) is 0 Å². The second kappa shape index (κ2) is 8.12. The summed E-state index contributed by atoms with van der Waals surface area (Å²) in [5.41, 5.74) is 5.44. The lowest BCUT2D eigenvalue weighted by Gasteiger charge is -2.18. The van der Waals surface area contributed by atoms with Crippen LogP contribution in [0.15, 0.2) is 64.4 Å². The zero-order valence-electron chi connectivity index (χ0n) is 14.5. The van der Waals surface area contributed by atoms with Crippen LogP contribution in [0.3, 0.4) is 0 Å². The lowest BCUT2D eigenvalue weighted by atomic mass is 9.88. The fourth-order valence-electron chi connectivity index (χ4n) is 3.09. The lowest BCUT2D eigenvalue weighted by Crippen LogP contribution is -2.09. The Labute approximate surface area is 135 Å². The van der Waals surface area contributed by atoms with Gasteiger partial charge in [-0.3, -0.25) is 4.99 Å². The Balaban J connectivity index is 2.20. The zero-order chi connectivity index (χ0) is 15.9. The highest BCUT2D eigenvalue weighted by atomic mass is 14.7. The zero-order valence-corrected chi connectivity index (χ0v) is 14.5. The Morgan fingerprint density at radius 1 is 1.32 bits per heavy atom. The summed E-state index contributed by atoms with van der Waals surface area (Å²) < 4.78 is 0. The Morgan fingerprint density at radius 2 is 2.14 bits per heavy atom. The highest BCUT2D eigenvalue weighted by Crippen LogP contribution is 2.25. The minimum Gasteiger partial charge on any atom is -0.261 e. The van der Waals surface area contributed by atoms with E-state index in [0.717, 1.165) is 19.3 Å². The van der Waals surface area contributed by atoms with Gasteiger partial charge in [-0.15, -0.1) is 0 Å². The molecule has 0 saturated heterocycles. The lowest BCUT2D eigenvalue weighted by molar-refractivity contribution is 0.667. The molecule has 22 heavy (non-hydrogen) atoms. The number of rotatable bonds is 3. The van der Waals surface area contributed by atoms with Gasteiger partial charge in [-0.1, -0.05) is 62.8 Å². The van der Waals surface area contributed by atoms with Crippen LogP contribution in [0.1, 0.15) is 53.4 Å². The van der Waals surface area contributed by atoms with Gasteiger partial charge in [-0.25, -0.2) is 0 Å². The molecule has 0 amide bonds. The molecule has 1 heteroatoms. The second-order valence-electron chi connectivity index (χ2n) is 6.58. The Hall–Kier alpha value is -1.63. The van der Waals surface area contributed by atoms with Crippen LogP contribution in [-0.4, -0.2) is 5.71 Å². The molecule has 1 aliphatic carbocycles. The first-order valence-corrected chi connectivity index (χ1v) is 8.57. The molecule has 0 fully saturated rings. The maximum Gasteiger partial charge on any atom is 0.0473 e. The molecule has 0 radical (unpaired) electrons. The van der Waals surface area contributed by atoms with Gasteiger partial charge in [-0.2, -0.15) is 0 Å². The van der Waals surface area contributed by atoms with Crippen molar-refractivity contribution in [1.82, 2.24) is 0 Å². The third-order valence-electron chi connectivity index (χ3n) is 4.49. The summed E-state index contributed by atoms with van der Waals surface area (Å²) in [6, 6.07) is 0. The molecule has 0 spiro atoms. The molecular formula is C21H29N. The molecule has 1 nitrogen and oxygen atoms in total. The smallest absolute Gasteiger partial charge is 0.0473 e. The molecule has 0 aromatic heterocycles. The van der Waals surface area contributed by atoms with Crippen molar-refractivity contribution in [2.75, 3.05) is 0 Å². The van der Waals surface area contributed by atoms with E-state index in [1.807, 2.05) is 6.20 Å². The van der Waals surface area contributed by atoms with E-state index in [2.05, 4.69) is 64.2 Å². The largest absolute Gasteiger partial charge is 0.261 e. The molecular weight excluding hydrogens is 266 g/mol. The van der Waals surface area contributed by atoms with Gasteiger partial charge in [0.15, 0.2) is 0 Å². The minimum atomic E-state index is 0.613. The van der Waals surface area contributed by atoms with E-state index in [4.69, 9.17) is 4.99 Å². The number of aliphatic imine (C=N–C) groups is 1. The van der Waals surface area contributed by atoms with Crippen molar-refractivity contribution in [2.24, 2.45) is 16.8 Å². The Kier molecular flexibility index (Phi) is 6.18. The van der Waals surface area contributed by atoms with Crippen molar-refractivity contribution in [3.8, 4) is 0 Å². The maximum atomic E-state index is 4.73. The van der Waals surface area contributed by atoms with Gasteiger partial charge in [0.05, 0.1) is 0 Å². The number of hydrogen-bond acceptors (Lipinski definition) is 1. The van der Waals surface area contributed by atoms with E-state index >= 15 is 0 Å². The first-order valence-electron chi connectivity index (χ1n) is 8.57. The maximum absolute atomic E-state index is 4.73. The van der Waals surface area contributed by atoms with Gasteiger partial charge in [0.25, 0.3) is 0 Å². The summed E-state index contributed by atoms with van der Waals surface area (Å²) in [5.74, 6) is 1.24. The summed E-state index contributed by atoms with van der Waals surface area (Å²) in [5, 5.41) is 0. The molecule has 1 heterocycles. The van der Waals surface area contributed by atoms with Crippen molar-refractivity contribution in [1.29, 1.82) is 0 Å². The fourth-order valence-corrected chi connectivity index (χ4v) is 3.09. The molecule has 2 aliphatic rings. The van der Waals surface area contributed by atoms with Gasteiger partial charge >= 0.3 is 0 Å². The molecule has 0 aromatic carbocycles. The van der Waals surface area contributed by atoms with Crippen LogP contribution >= 0.6 is 0 Å². The summed E-state index contributed by atoms with van der Waals surface area (Å²) in [6.07, 6.45) is 19.9. The van der Waals surface area contributed by atoms with E-state index in [-0.39, 0.29) is 0 Å². The molecule has 0 N–H and O–H groups in total. The summed E-state index contributed by atoms with van der Waals surface area (Å²) in [7, 11) is 0. The van der Waals surface area contributed by atoms with E-state index in [1.165, 1.54) is 28.9 Å². The predicted molar refractivity (Wildman–Crippen MR) is 98.1 cm³/mol. The molecule has 0 bridgehead atoms. The van der Waals surface area contributed by atoms with Crippen molar-refractivity contribution >= 4 is 5.71 Å². The summed E-state index contributed by atoms with van der Waals surface area (Å²) in [6.45, 7) is 9.03. The van der Waals surface area contributed by atoms with Gasteiger partial charge in [0.1, 0.15) is 0 Å². The molecule has 0 aromatic rings. The summed E-state index contributed by atoms with van der Waals surface area (Å²) in [4.78, 5) is 4.73. The van der Waals surface area contributed by atoms with E-state index in [0.29, 0.717) is 11.8 Å². The highest BCUT2D eigenvalue weighted by Gasteiger charge is 2.14. The molecule has 0 saturated carbocycles. The van der Waals surface area contributed by atoms with Crippen LogP contribution in [-0.2, 0) is 0 Å². The van der Waals surface area contributed by atoms with E-state index < -0.39 is 0 Å². The van der Waals surface area contributed by atoms with E-state index in [9.17, 15) is 0 Å². The predicted octanol–water partition coefficient (Wildman–Crippen LogP) is 6.18. The molecule has 1 aliphatic heterocycles. The Bertz CT molecular complexity index is 567. The van der Waals surface area contributed by atoms with Crippen molar-refractivity contribution in [2.45, 2.75) is 53.4 Å². The standard InChI is InChI=1S/C21H29N/c1-5-18(4)19-9-6-7-12-22-21(11-8-10-19)20-14-16(2)13-17(3)15-20/h7-10,12-14,17-18H,5-6,11,15H2,1-4H3/b10-8?,12-7-,19-9?,22-21?. The molecule has 2 unspecified atom stereocenters. The van der Waals surface area contributed by atoms with Crippen LogP contribution in [0.25, 0.3) is 0 Å².